The second-order valence-electron chi connectivity index (χ2n) is 9.65. The Balaban J connectivity index is 1.12. The van der Waals surface area contributed by atoms with E-state index in [0.717, 1.165) is 42.6 Å². The molecule has 0 heterocycles. The maximum atomic E-state index is 12.4. The van der Waals surface area contributed by atoms with Gasteiger partial charge in [0.05, 0.1) is 0 Å². The topological polar surface area (TPSA) is 79.5 Å². The number of hydrogen-bond donors (Lipinski definition) is 3. The first kappa shape index (κ1) is 22.7. The molecule has 1 aromatic rings. The standard InChI is InChI=1S/C23H30F3N3O3/c24-23(25,26)14-32-19-3-1-15(2-4-19)13-28-20(30)5-6-27-21(31)29-22-10-16-7-17(11-22)9-18(8-16)12-22/h1-4,16-18H,5-14H2,(H,28,30)(H2,27,29,31). The zero-order chi connectivity index (χ0) is 22.8. The summed E-state index contributed by atoms with van der Waals surface area (Å²) in [6.45, 7) is -0.849. The van der Waals surface area contributed by atoms with Crippen molar-refractivity contribution < 1.29 is 27.5 Å². The molecular weight excluding hydrogens is 423 g/mol. The molecule has 0 unspecified atom stereocenters. The zero-order valence-corrected chi connectivity index (χ0v) is 18.0. The Labute approximate surface area is 185 Å². The minimum Gasteiger partial charge on any atom is -0.484 e. The predicted molar refractivity (Wildman–Crippen MR) is 112 cm³/mol. The molecule has 0 aromatic heterocycles. The smallest absolute Gasteiger partial charge is 0.422 e. The summed E-state index contributed by atoms with van der Waals surface area (Å²) in [5.74, 6) is 2.15. The van der Waals surface area contributed by atoms with Crippen molar-refractivity contribution >= 4 is 11.9 Å². The van der Waals surface area contributed by atoms with E-state index >= 15 is 0 Å². The SMILES string of the molecule is O=C(CCNC(=O)NC12CC3CC(CC(C3)C1)C2)NCc1ccc(OCC(F)(F)F)cc1. The van der Waals surface area contributed by atoms with Crippen LogP contribution in [0.25, 0.3) is 0 Å². The van der Waals surface area contributed by atoms with Crippen molar-refractivity contribution in [2.45, 2.75) is 63.2 Å². The van der Waals surface area contributed by atoms with Gasteiger partial charge >= 0.3 is 12.2 Å². The maximum Gasteiger partial charge on any atom is 0.422 e. The summed E-state index contributed by atoms with van der Waals surface area (Å²) in [6, 6.07) is 5.87. The van der Waals surface area contributed by atoms with Crippen molar-refractivity contribution in [2.24, 2.45) is 17.8 Å². The lowest BCUT2D eigenvalue weighted by Crippen LogP contribution is -2.61. The van der Waals surface area contributed by atoms with Crippen LogP contribution in [0.2, 0.25) is 0 Å². The van der Waals surface area contributed by atoms with Crippen LogP contribution in [-0.2, 0) is 11.3 Å². The molecule has 0 atom stereocenters. The lowest BCUT2D eigenvalue weighted by molar-refractivity contribution is -0.153. The quantitative estimate of drug-likeness (QED) is 0.559. The minimum absolute atomic E-state index is 0.0585. The molecule has 4 aliphatic rings. The van der Waals surface area contributed by atoms with E-state index in [2.05, 4.69) is 20.7 Å². The van der Waals surface area contributed by atoms with Crippen molar-refractivity contribution in [3.63, 3.8) is 0 Å². The van der Waals surface area contributed by atoms with Gasteiger partial charge in [-0.15, -0.1) is 0 Å². The summed E-state index contributed by atoms with van der Waals surface area (Å²) in [7, 11) is 0. The van der Waals surface area contributed by atoms with E-state index in [1.165, 1.54) is 31.4 Å². The van der Waals surface area contributed by atoms with Crippen LogP contribution >= 0.6 is 0 Å². The number of carbonyl (C=O) groups is 2. The molecule has 0 spiro atoms. The van der Waals surface area contributed by atoms with Crippen LogP contribution in [0, 0.1) is 17.8 Å². The largest absolute Gasteiger partial charge is 0.484 e. The van der Waals surface area contributed by atoms with Crippen molar-refractivity contribution in [1.29, 1.82) is 0 Å². The number of rotatable bonds is 8. The molecule has 4 saturated carbocycles. The van der Waals surface area contributed by atoms with Crippen molar-refractivity contribution in [3.05, 3.63) is 29.8 Å². The highest BCUT2D eigenvalue weighted by molar-refractivity contribution is 5.78. The average molecular weight is 454 g/mol. The van der Waals surface area contributed by atoms with Crippen LogP contribution in [0.3, 0.4) is 0 Å². The number of amides is 3. The molecule has 176 valence electrons. The first-order valence-electron chi connectivity index (χ1n) is 11.3. The number of hydrogen-bond acceptors (Lipinski definition) is 3. The zero-order valence-electron chi connectivity index (χ0n) is 18.0. The molecule has 1 aromatic carbocycles. The summed E-state index contributed by atoms with van der Waals surface area (Å²) < 4.78 is 41.2. The van der Waals surface area contributed by atoms with Crippen LogP contribution in [0.15, 0.2) is 24.3 Å². The lowest BCUT2D eigenvalue weighted by Gasteiger charge is -2.56. The fourth-order valence-electron chi connectivity index (χ4n) is 6.00. The van der Waals surface area contributed by atoms with Gasteiger partial charge in [0.25, 0.3) is 0 Å². The molecule has 0 aliphatic heterocycles. The van der Waals surface area contributed by atoms with E-state index in [9.17, 15) is 22.8 Å². The Kier molecular flexibility index (Phi) is 6.53. The molecule has 4 fully saturated rings. The van der Waals surface area contributed by atoms with Gasteiger partial charge in [-0.05, 0) is 74.0 Å². The van der Waals surface area contributed by atoms with E-state index in [-0.39, 0.29) is 42.7 Å². The third-order valence-electron chi connectivity index (χ3n) is 6.87. The average Bonchev–Trinajstić information content (AvgIpc) is 2.69. The second-order valence-corrected chi connectivity index (χ2v) is 9.65. The summed E-state index contributed by atoms with van der Waals surface area (Å²) in [5.41, 5.74) is 0.682. The number of alkyl halides is 3. The minimum atomic E-state index is -4.38. The first-order chi connectivity index (χ1) is 15.2. The molecule has 0 saturated heterocycles. The molecule has 4 bridgehead atoms. The van der Waals surface area contributed by atoms with Gasteiger partial charge in [-0.25, -0.2) is 4.79 Å². The normalized spacial score (nSPS) is 28.3. The summed E-state index contributed by atoms with van der Waals surface area (Å²) in [4.78, 5) is 24.5. The summed E-state index contributed by atoms with van der Waals surface area (Å²) in [5, 5.41) is 8.76. The van der Waals surface area contributed by atoms with Gasteiger partial charge < -0.3 is 20.7 Å². The Hall–Kier alpha value is -2.45. The third kappa shape index (κ3) is 6.07. The number of halogens is 3. The molecule has 5 rings (SSSR count). The lowest BCUT2D eigenvalue weighted by atomic mass is 9.53. The van der Waals surface area contributed by atoms with Gasteiger partial charge in [-0.3, -0.25) is 4.79 Å². The number of urea groups is 1. The molecule has 4 aliphatic carbocycles. The Morgan fingerprint density at radius 1 is 0.969 bits per heavy atom. The van der Waals surface area contributed by atoms with E-state index in [1.807, 2.05) is 0 Å². The summed E-state index contributed by atoms with van der Waals surface area (Å²) >= 11 is 0. The summed E-state index contributed by atoms with van der Waals surface area (Å²) in [6.07, 6.45) is 2.94. The van der Waals surface area contributed by atoms with Crippen LogP contribution in [0.5, 0.6) is 5.75 Å². The highest BCUT2D eigenvalue weighted by Gasteiger charge is 2.51. The molecule has 6 nitrogen and oxygen atoms in total. The van der Waals surface area contributed by atoms with Crippen molar-refractivity contribution in [1.82, 2.24) is 16.0 Å². The van der Waals surface area contributed by atoms with Gasteiger partial charge in [0.1, 0.15) is 5.75 Å². The molecule has 9 heteroatoms. The monoisotopic (exact) mass is 453 g/mol. The number of carbonyl (C=O) groups excluding carboxylic acids is 2. The van der Waals surface area contributed by atoms with Gasteiger partial charge in [0.15, 0.2) is 6.61 Å². The first-order valence-corrected chi connectivity index (χ1v) is 11.3. The predicted octanol–water partition coefficient (Wildman–Crippen LogP) is 3.90. The van der Waals surface area contributed by atoms with Gasteiger partial charge in [0.2, 0.25) is 5.91 Å². The van der Waals surface area contributed by atoms with Crippen LogP contribution in [0.1, 0.15) is 50.5 Å². The second kappa shape index (κ2) is 9.19. The van der Waals surface area contributed by atoms with Gasteiger partial charge in [-0.1, -0.05) is 12.1 Å². The van der Waals surface area contributed by atoms with E-state index in [1.54, 1.807) is 12.1 Å². The van der Waals surface area contributed by atoms with E-state index in [4.69, 9.17) is 0 Å². The molecule has 32 heavy (non-hydrogen) atoms. The van der Waals surface area contributed by atoms with Gasteiger partial charge in [-0.2, -0.15) is 13.2 Å². The van der Waals surface area contributed by atoms with Crippen LogP contribution in [0.4, 0.5) is 18.0 Å². The van der Waals surface area contributed by atoms with E-state index < -0.39 is 12.8 Å². The number of nitrogens with one attached hydrogen (secondary N) is 3. The maximum absolute atomic E-state index is 12.4. The Morgan fingerprint density at radius 3 is 2.12 bits per heavy atom. The van der Waals surface area contributed by atoms with E-state index in [0.29, 0.717) is 0 Å². The fourth-order valence-corrected chi connectivity index (χ4v) is 6.00. The highest BCUT2D eigenvalue weighted by Crippen LogP contribution is 2.55. The molecule has 0 radical (unpaired) electrons. The Bertz CT molecular complexity index is 791. The molecule has 3 N–H and O–H groups in total. The number of ether oxygens (including phenoxy) is 1. The van der Waals surface area contributed by atoms with Crippen LogP contribution in [-0.4, -0.2) is 36.8 Å². The van der Waals surface area contributed by atoms with Crippen molar-refractivity contribution in [3.8, 4) is 5.75 Å². The number of benzene rings is 1. The van der Waals surface area contributed by atoms with Crippen LogP contribution < -0.4 is 20.7 Å². The van der Waals surface area contributed by atoms with Gasteiger partial charge in [0, 0.05) is 25.0 Å². The highest BCUT2D eigenvalue weighted by atomic mass is 19.4. The molecular formula is C23H30F3N3O3. The third-order valence-corrected chi connectivity index (χ3v) is 6.87. The molecule has 3 amide bonds. The fraction of sp³-hybridized carbons (Fsp3) is 0.652. The van der Waals surface area contributed by atoms with Crippen molar-refractivity contribution in [2.75, 3.05) is 13.2 Å². The Morgan fingerprint density at radius 2 is 1.56 bits per heavy atom.